The van der Waals surface area contributed by atoms with E-state index in [2.05, 4.69) is 0 Å². The molecule has 0 radical (unpaired) electrons. The second-order valence-electron chi connectivity index (χ2n) is 2.94. The summed E-state index contributed by atoms with van der Waals surface area (Å²) in [4.78, 5) is 9.41. The minimum atomic E-state index is -4.71. The number of nitrogens with zero attached hydrogens (tertiary/aromatic N) is 1. The molecule has 1 rings (SSSR count). The minimum absolute atomic E-state index is 0.332. The molecule has 0 aromatic heterocycles. The molecule has 86 valence electrons. The van der Waals surface area contributed by atoms with Crippen LogP contribution < -0.4 is 5.73 Å². The number of benzene rings is 1. The first kappa shape index (κ1) is 12.0. The number of rotatable bonds is 2. The fourth-order valence-corrected chi connectivity index (χ4v) is 1.04. The van der Waals surface area contributed by atoms with E-state index in [4.69, 9.17) is 11.1 Å². The predicted octanol–water partition coefficient (Wildman–Crippen LogP) is 1.90. The maximum absolute atomic E-state index is 12.3. The predicted molar refractivity (Wildman–Crippen MR) is 49.1 cm³/mol. The molecule has 1 aromatic rings. The summed E-state index contributed by atoms with van der Waals surface area (Å²) < 4.78 is 37.0. The summed E-state index contributed by atoms with van der Waals surface area (Å²) in [5.41, 5.74) is 2.70. The average molecular weight is 233 g/mol. The number of amidine groups is 1. The number of non-ortho nitro benzene ring substituents is 1. The van der Waals surface area contributed by atoms with Gasteiger partial charge in [0.2, 0.25) is 0 Å². The summed E-state index contributed by atoms with van der Waals surface area (Å²) in [6.45, 7) is 0. The topological polar surface area (TPSA) is 93.0 Å². The standard InChI is InChI=1S/C8H6F3N3O2/c9-8(10,11)5-1-4(7(12)13)2-6(3-5)14(15)16/h1-3H,(H3,12,13). The van der Waals surface area contributed by atoms with Crippen molar-refractivity contribution in [2.24, 2.45) is 5.73 Å². The van der Waals surface area contributed by atoms with Gasteiger partial charge in [-0.2, -0.15) is 13.2 Å². The Morgan fingerprint density at radius 1 is 1.38 bits per heavy atom. The SMILES string of the molecule is N=C(N)c1cc([N+](=O)[O-])cc(C(F)(F)F)c1. The van der Waals surface area contributed by atoms with Crippen LogP contribution in [0.2, 0.25) is 0 Å². The summed E-state index contributed by atoms with van der Waals surface area (Å²) in [5, 5.41) is 17.3. The molecule has 0 unspecified atom stereocenters. The Labute approximate surface area is 87.3 Å². The van der Waals surface area contributed by atoms with E-state index >= 15 is 0 Å². The number of nitrogens with one attached hydrogen (secondary N) is 1. The van der Waals surface area contributed by atoms with Crippen molar-refractivity contribution in [3.05, 3.63) is 39.4 Å². The minimum Gasteiger partial charge on any atom is -0.384 e. The third-order valence-electron chi connectivity index (χ3n) is 1.77. The van der Waals surface area contributed by atoms with E-state index in [1.165, 1.54) is 0 Å². The molecule has 0 atom stereocenters. The van der Waals surface area contributed by atoms with Crippen molar-refractivity contribution < 1.29 is 18.1 Å². The van der Waals surface area contributed by atoms with Crippen LogP contribution in [-0.4, -0.2) is 10.8 Å². The third-order valence-corrected chi connectivity index (χ3v) is 1.77. The quantitative estimate of drug-likeness (QED) is 0.353. The largest absolute Gasteiger partial charge is 0.416 e. The Hall–Kier alpha value is -2.12. The zero-order valence-electron chi connectivity index (χ0n) is 7.71. The number of nitrogen functional groups attached to an aromatic ring is 1. The molecule has 0 saturated heterocycles. The van der Waals surface area contributed by atoms with Crippen molar-refractivity contribution >= 4 is 11.5 Å². The van der Waals surface area contributed by atoms with Crippen LogP contribution >= 0.6 is 0 Å². The van der Waals surface area contributed by atoms with Crippen LogP contribution in [0.15, 0.2) is 18.2 Å². The fraction of sp³-hybridized carbons (Fsp3) is 0.125. The molecular formula is C8H6F3N3O2. The molecule has 5 nitrogen and oxygen atoms in total. The Balaban J connectivity index is 3.42. The highest BCUT2D eigenvalue weighted by atomic mass is 19.4. The van der Waals surface area contributed by atoms with Gasteiger partial charge in [0.25, 0.3) is 5.69 Å². The molecule has 0 bridgehead atoms. The third kappa shape index (κ3) is 2.47. The monoisotopic (exact) mass is 233 g/mol. The van der Waals surface area contributed by atoms with Crippen LogP contribution in [0.4, 0.5) is 18.9 Å². The average Bonchev–Trinajstić information content (AvgIpc) is 2.15. The highest BCUT2D eigenvalue weighted by Crippen LogP contribution is 2.32. The van der Waals surface area contributed by atoms with Gasteiger partial charge in [0.15, 0.2) is 0 Å². The fourth-order valence-electron chi connectivity index (χ4n) is 1.04. The number of alkyl halides is 3. The molecule has 8 heteroatoms. The zero-order valence-corrected chi connectivity index (χ0v) is 7.71. The highest BCUT2D eigenvalue weighted by Gasteiger charge is 2.32. The molecule has 1 aromatic carbocycles. The molecule has 0 aliphatic rings. The van der Waals surface area contributed by atoms with Gasteiger partial charge in [-0.05, 0) is 6.07 Å². The number of hydrogen-bond acceptors (Lipinski definition) is 3. The van der Waals surface area contributed by atoms with Crippen molar-refractivity contribution in [3.63, 3.8) is 0 Å². The Bertz CT molecular complexity index is 424. The Morgan fingerprint density at radius 2 is 1.94 bits per heavy atom. The van der Waals surface area contributed by atoms with Crippen LogP contribution in [0.5, 0.6) is 0 Å². The maximum atomic E-state index is 12.3. The molecule has 0 amide bonds. The van der Waals surface area contributed by atoms with Gasteiger partial charge >= 0.3 is 6.18 Å². The van der Waals surface area contributed by atoms with Crippen molar-refractivity contribution in [3.8, 4) is 0 Å². The molecule has 0 aliphatic heterocycles. The van der Waals surface area contributed by atoms with Gasteiger partial charge < -0.3 is 5.73 Å². The summed E-state index contributed by atoms with van der Waals surface area (Å²) >= 11 is 0. The van der Waals surface area contributed by atoms with Crippen molar-refractivity contribution in [2.45, 2.75) is 6.18 Å². The molecule has 16 heavy (non-hydrogen) atoms. The van der Waals surface area contributed by atoms with Crippen molar-refractivity contribution in [1.82, 2.24) is 0 Å². The molecule has 0 fully saturated rings. The normalized spacial score (nSPS) is 11.2. The lowest BCUT2D eigenvalue weighted by Gasteiger charge is -2.08. The number of nitrogens with two attached hydrogens (primary N) is 1. The van der Waals surface area contributed by atoms with E-state index in [0.29, 0.717) is 12.1 Å². The summed E-state index contributed by atoms with van der Waals surface area (Å²) in [7, 11) is 0. The first-order valence-corrected chi connectivity index (χ1v) is 3.93. The first-order valence-electron chi connectivity index (χ1n) is 3.93. The maximum Gasteiger partial charge on any atom is 0.416 e. The number of halogens is 3. The van der Waals surface area contributed by atoms with Gasteiger partial charge in [0.05, 0.1) is 10.5 Å². The second-order valence-corrected chi connectivity index (χ2v) is 2.94. The van der Waals surface area contributed by atoms with Crippen molar-refractivity contribution in [1.29, 1.82) is 5.41 Å². The van der Waals surface area contributed by atoms with Crippen LogP contribution in [0, 0.1) is 15.5 Å². The lowest BCUT2D eigenvalue weighted by Crippen LogP contribution is -2.14. The van der Waals surface area contributed by atoms with Gasteiger partial charge in [-0.3, -0.25) is 15.5 Å². The van der Waals surface area contributed by atoms with Crippen LogP contribution in [0.25, 0.3) is 0 Å². The van der Waals surface area contributed by atoms with E-state index < -0.39 is 28.2 Å². The first-order chi connectivity index (χ1) is 7.21. The lowest BCUT2D eigenvalue weighted by molar-refractivity contribution is -0.385. The summed E-state index contributed by atoms with van der Waals surface area (Å²) in [6, 6.07) is 1.80. The molecular weight excluding hydrogens is 227 g/mol. The van der Waals surface area contributed by atoms with E-state index in [1.807, 2.05) is 0 Å². The highest BCUT2D eigenvalue weighted by molar-refractivity contribution is 5.95. The Morgan fingerprint density at radius 3 is 2.31 bits per heavy atom. The van der Waals surface area contributed by atoms with Gasteiger partial charge in [0.1, 0.15) is 5.84 Å². The smallest absolute Gasteiger partial charge is 0.384 e. The lowest BCUT2D eigenvalue weighted by atomic mass is 10.1. The van der Waals surface area contributed by atoms with E-state index in [1.54, 1.807) is 0 Å². The van der Waals surface area contributed by atoms with Gasteiger partial charge in [-0.1, -0.05) is 0 Å². The second kappa shape index (κ2) is 3.80. The zero-order chi connectivity index (χ0) is 12.5. The van der Waals surface area contributed by atoms with Crippen molar-refractivity contribution in [2.75, 3.05) is 0 Å². The summed E-state index contributed by atoms with van der Waals surface area (Å²) in [6.07, 6.45) is -4.71. The molecule has 0 aliphatic carbocycles. The van der Waals surface area contributed by atoms with E-state index in [9.17, 15) is 23.3 Å². The molecule has 0 heterocycles. The van der Waals surface area contributed by atoms with Gasteiger partial charge in [0, 0.05) is 17.7 Å². The van der Waals surface area contributed by atoms with Gasteiger partial charge in [-0.25, -0.2) is 0 Å². The molecule has 0 saturated carbocycles. The number of nitro groups is 1. The van der Waals surface area contributed by atoms with Crippen LogP contribution in [0.3, 0.4) is 0 Å². The van der Waals surface area contributed by atoms with Gasteiger partial charge in [-0.15, -0.1) is 0 Å². The molecule has 0 spiro atoms. The van der Waals surface area contributed by atoms with E-state index in [-0.39, 0.29) is 5.56 Å². The molecule has 3 N–H and O–H groups in total. The van der Waals surface area contributed by atoms with Crippen LogP contribution in [-0.2, 0) is 6.18 Å². The van der Waals surface area contributed by atoms with Crippen LogP contribution in [0.1, 0.15) is 11.1 Å². The number of hydrogen-bond donors (Lipinski definition) is 2. The number of nitro benzene ring substituents is 1. The Kier molecular flexibility index (Phi) is 2.84. The summed E-state index contributed by atoms with van der Waals surface area (Å²) in [5.74, 6) is -0.658. The van der Waals surface area contributed by atoms with E-state index in [0.717, 1.165) is 6.07 Å².